The molecule has 2 aromatic carbocycles. The van der Waals surface area contributed by atoms with Crippen molar-refractivity contribution in [3.8, 4) is 11.8 Å². The number of ketones is 1. The fourth-order valence-electron chi connectivity index (χ4n) is 4.59. The van der Waals surface area contributed by atoms with Gasteiger partial charge in [0.15, 0.2) is 5.78 Å². The molecule has 0 radical (unpaired) electrons. The Hall–Kier alpha value is -3.66. The summed E-state index contributed by atoms with van der Waals surface area (Å²) in [6, 6.07) is 12.5. The van der Waals surface area contributed by atoms with Crippen molar-refractivity contribution in [3.05, 3.63) is 58.7 Å². The Morgan fingerprint density at radius 3 is 2.78 bits per heavy atom. The third kappa shape index (κ3) is 4.09. The maximum absolute atomic E-state index is 13.2. The number of nitrogens with one attached hydrogen (secondary N) is 1. The highest BCUT2D eigenvalue weighted by atomic mass is 16.5. The van der Waals surface area contributed by atoms with E-state index in [9.17, 15) is 19.6 Å². The number of hydrogen-bond donors (Lipinski definition) is 2. The van der Waals surface area contributed by atoms with Crippen LogP contribution < -0.4 is 10.1 Å². The van der Waals surface area contributed by atoms with Gasteiger partial charge < -0.3 is 15.2 Å². The molecule has 1 fully saturated rings. The first-order chi connectivity index (χ1) is 15.3. The molecule has 7 heteroatoms. The second-order valence-electron chi connectivity index (χ2n) is 8.50. The van der Waals surface area contributed by atoms with Crippen molar-refractivity contribution in [3.63, 3.8) is 0 Å². The summed E-state index contributed by atoms with van der Waals surface area (Å²) in [6.07, 6.45) is 2.33. The number of carboxylic acids is 1. The Labute approximate surface area is 186 Å². The second-order valence-corrected chi connectivity index (χ2v) is 8.50. The van der Waals surface area contributed by atoms with Crippen LogP contribution in [0, 0.1) is 17.2 Å². The van der Waals surface area contributed by atoms with Gasteiger partial charge in [-0.2, -0.15) is 5.26 Å². The average molecular weight is 432 g/mol. The molecule has 1 amide bonds. The molecule has 1 heterocycles. The lowest BCUT2D eigenvalue weighted by Crippen LogP contribution is -2.27. The predicted octanol–water partition coefficient (Wildman–Crippen LogP) is 3.85. The number of nitrogens with zero attached hydrogens (tertiary/aromatic N) is 1. The van der Waals surface area contributed by atoms with Crippen molar-refractivity contribution >= 4 is 23.3 Å². The third-order valence-corrected chi connectivity index (χ3v) is 6.45. The third-order valence-electron chi connectivity index (χ3n) is 6.45. The lowest BCUT2D eigenvalue weighted by molar-refractivity contribution is -0.137. The van der Waals surface area contributed by atoms with Crippen molar-refractivity contribution in [1.82, 2.24) is 0 Å². The molecular formula is C25H24N2O5. The van der Waals surface area contributed by atoms with Gasteiger partial charge in [0.2, 0.25) is 5.91 Å². The van der Waals surface area contributed by atoms with Gasteiger partial charge in [0, 0.05) is 34.6 Å². The number of aryl methyl sites for hydroxylation is 1. The summed E-state index contributed by atoms with van der Waals surface area (Å²) >= 11 is 0. The number of hydrogen-bond acceptors (Lipinski definition) is 5. The maximum Gasteiger partial charge on any atom is 0.303 e. The Kier molecular flexibility index (Phi) is 5.70. The number of Topliss-reactive ketones (excluding diaryl/α,β-unsaturated/α-hetero) is 1. The van der Waals surface area contributed by atoms with Crippen LogP contribution in [0.2, 0.25) is 0 Å². The Morgan fingerprint density at radius 2 is 2.06 bits per heavy atom. The van der Waals surface area contributed by atoms with E-state index >= 15 is 0 Å². The Bertz CT molecular complexity index is 1150. The molecule has 0 unspecified atom stereocenters. The van der Waals surface area contributed by atoms with Crippen LogP contribution in [0.15, 0.2) is 36.4 Å². The molecule has 0 saturated heterocycles. The normalized spacial score (nSPS) is 20.6. The fourth-order valence-corrected chi connectivity index (χ4v) is 4.59. The number of benzene rings is 2. The zero-order chi connectivity index (χ0) is 22.9. The summed E-state index contributed by atoms with van der Waals surface area (Å²) < 4.78 is 5.77. The van der Waals surface area contributed by atoms with Gasteiger partial charge in [0.25, 0.3) is 0 Å². The van der Waals surface area contributed by atoms with Crippen molar-refractivity contribution in [2.45, 2.75) is 44.4 Å². The number of rotatable bonds is 7. The van der Waals surface area contributed by atoms with Crippen LogP contribution in [0.3, 0.4) is 0 Å². The van der Waals surface area contributed by atoms with Crippen LogP contribution >= 0.6 is 0 Å². The van der Waals surface area contributed by atoms with E-state index in [2.05, 4.69) is 11.4 Å². The fraction of sp³-hybridized carbons (Fsp3) is 0.360. The van der Waals surface area contributed by atoms with E-state index in [1.165, 1.54) is 6.92 Å². The van der Waals surface area contributed by atoms with Gasteiger partial charge in [-0.3, -0.25) is 14.4 Å². The number of nitriles is 1. The van der Waals surface area contributed by atoms with E-state index in [-0.39, 0.29) is 29.4 Å². The lowest BCUT2D eigenvalue weighted by Gasteiger charge is -2.27. The molecule has 2 N–H and O–H groups in total. The number of carboxylic acid groups (broad SMARTS) is 1. The van der Waals surface area contributed by atoms with Gasteiger partial charge in [-0.25, -0.2) is 0 Å². The molecule has 1 saturated carbocycles. The van der Waals surface area contributed by atoms with Gasteiger partial charge in [0.1, 0.15) is 5.75 Å². The highest BCUT2D eigenvalue weighted by molar-refractivity contribution is 5.98. The molecule has 164 valence electrons. The van der Waals surface area contributed by atoms with E-state index in [4.69, 9.17) is 9.84 Å². The molecule has 7 nitrogen and oxygen atoms in total. The maximum atomic E-state index is 13.2. The van der Waals surface area contributed by atoms with Crippen molar-refractivity contribution in [1.29, 1.82) is 5.26 Å². The first-order valence-electron chi connectivity index (χ1n) is 10.7. The summed E-state index contributed by atoms with van der Waals surface area (Å²) in [5.41, 5.74) is 2.94. The average Bonchev–Trinajstić information content (AvgIpc) is 3.49. The van der Waals surface area contributed by atoms with E-state index in [0.717, 1.165) is 16.9 Å². The molecule has 1 aliphatic heterocycles. The monoisotopic (exact) mass is 432 g/mol. The molecule has 2 aromatic rings. The summed E-state index contributed by atoms with van der Waals surface area (Å²) in [5.74, 6) is -0.579. The number of carbonyl (C=O) groups excluding carboxylic acids is 2. The highest BCUT2D eigenvalue weighted by Crippen LogP contribution is 2.61. The van der Waals surface area contributed by atoms with Gasteiger partial charge in [-0.1, -0.05) is 6.07 Å². The van der Waals surface area contributed by atoms with Crippen LogP contribution in [0.25, 0.3) is 0 Å². The van der Waals surface area contributed by atoms with Crippen molar-refractivity contribution in [2.24, 2.45) is 5.92 Å². The van der Waals surface area contributed by atoms with Crippen molar-refractivity contribution < 1.29 is 24.2 Å². The minimum Gasteiger partial charge on any atom is -0.493 e. The summed E-state index contributed by atoms with van der Waals surface area (Å²) in [4.78, 5) is 35.9. The molecular weight excluding hydrogens is 408 g/mol. The molecule has 1 aliphatic carbocycles. The predicted molar refractivity (Wildman–Crippen MR) is 117 cm³/mol. The summed E-state index contributed by atoms with van der Waals surface area (Å²) in [5, 5.41) is 21.1. The quantitative estimate of drug-likeness (QED) is 0.642. The van der Waals surface area contributed by atoms with Gasteiger partial charge in [-0.05, 0) is 68.5 Å². The smallest absolute Gasteiger partial charge is 0.303 e. The molecule has 0 bridgehead atoms. The first kappa shape index (κ1) is 21.6. The number of fused-ring (bicyclic) bond motifs is 2. The molecule has 2 atom stereocenters. The van der Waals surface area contributed by atoms with Crippen LogP contribution in [-0.4, -0.2) is 29.4 Å². The number of amides is 1. The number of carbonyl (C=O) groups is 3. The first-order valence-corrected chi connectivity index (χ1v) is 10.7. The topological polar surface area (TPSA) is 116 Å². The van der Waals surface area contributed by atoms with E-state index in [0.29, 0.717) is 49.1 Å². The zero-order valence-corrected chi connectivity index (χ0v) is 17.8. The van der Waals surface area contributed by atoms with E-state index in [1.807, 2.05) is 6.07 Å². The number of anilines is 1. The van der Waals surface area contributed by atoms with Gasteiger partial charge >= 0.3 is 5.97 Å². The molecule has 4 rings (SSSR count). The molecule has 1 spiro atoms. The van der Waals surface area contributed by atoms with Gasteiger partial charge in [-0.15, -0.1) is 0 Å². The highest BCUT2D eigenvalue weighted by Gasteiger charge is 2.61. The van der Waals surface area contributed by atoms with Crippen LogP contribution in [0.4, 0.5) is 5.69 Å². The number of aliphatic carboxylic acids is 1. The number of ether oxygens (including phenoxy) is 1. The molecule has 2 aliphatic rings. The lowest BCUT2D eigenvalue weighted by atomic mass is 9.86. The van der Waals surface area contributed by atoms with E-state index < -0.39 is 5.97 Å². The van der Waals surface area contributed by atoms with Gasteiger partial charge in [0.05, 0.1) is 18.2 Å². The van der Waals surface area contributed by atoms with Crippen molar-refractivity contribution in [2.75, 3.05) is 11.9 Å². The molecule has 32 heavy (non-hydrogen) atoms. The standard InChI is InChI=1S/C25H24N2O5/c1-15(28)18-7-8-22-19(12-18)25(9-10-32-22)13-20(25)24(31)27-21-11-16(14-26)5-6-17(21)3-2-4-23(29)30/h5-8,11-12,20H,2-4,9-10,13H2,1H3,(H,27,31)(H,29,30)/t20-,25-/m0/s1. The van der Waals surface area contributed by atoms with Crippen LogP contribution in [-0.2, 0) is 21.4 Å². The molecule has 0 aromatic heterocycles. The van der Waals surface area contributed by atoms with Crippen LogP contribution in [0.1, 0.15) is 59.7 Å². The Balaban J connectivity index is 1.56. The minimum absolute atomic E-state index is 0.0329. The SMILES string of the molecule is CC(=O)c1ccc2c(c1)[C@]1(CCO2)C[C@H]1C(=O)Nc1cc(C#N)ccc1CCCC(=O)O. The minimum atomic E-state index is -0.868. The summed E-state index contributed by atoms with van der Waals surface area (Å²) in [6.45, 7) is 2.03. The Morgan fingerprint density at radius 1 is 1.25 bits per heavy atom. The van der Waals surface area contributed by atoms with Crippen LogP contribution in [0.5, 0.6) is 5.75 Å². The largest absolute Gasteiger partial charge is 0.493 e. The zero-order valence-electron chi connectivity index (χ0n) is 17.8. The second kappa shape index (κ2) is 8.46. The summed E-state index contributed by atoms with van der Waals surface area (Å²) in [7, 11) is 0. The van der Waals surface area contributed by atoms with E-state index in [1.54, 1.807) is 30.3 Å².